The molecule has 0 saturated carbocycles. The molecule has 0 unspecified atom stereocenters. The summed E-state index contributed by atoms with van der Waals surface area (Å²) in [5.41, 5.74) is 1.89. The van der Waals surface area contributed by atoms with E-state index >= 15 is 0 Å². The van der Waals surface area contributed by atoms with E-state index in [0.29, 0.717) is 6.54 Å². The van der Waals surface area contributed by atoms with Gasteiger partial charge in [-0.1, -0.05) is 12.5 Å². The van der Waals surface area contributed by atoms with Gasteiger partial charge in [0.05, 0.1) is 17.0 Å². The molecule has 7 heteroatoms. The number of nitrogens with zero attached hydrogens (tertiary/aromatic N) is 1. The quantitative estimate of drug-likeness (QED) is 0.754. The molecule has 1 saturated heterocycles. The fraction of sp³-hybridized carbons (Fsp3) is 0.474. The summed E-state index contributed by atoms with van der Waals surface area (Å²) in [5.74, 6) is 2.03. The highest BCUT2D eigenvalue weighted by atomic mass is 32.2. The number of piperidine rings is 1. The van der Waals surface area contributed by atoms with Crippen LogP contribution in [0.25, 0.3) is 0 Å². The van der Waals surface area contributed by atoms with Crippen LogP contribution in [0.5, 0.6) is 0 Å². The Kier molecular flexibility index (Phi) is 5.78. The number of carbonyl (C=O) groups excluding carboxylic acids is 2. The summed E-state index contributed by atoms with van der Waals surface area (Å²) < 4.78 is 0. The molecule has 0 radical (unpaired) electrons. The number of thiophene rings is 2. The van der Waals surface area contributed by atoms with Crippen molar-refractivity contribution in [1.29, 1.82) is 0 Å². The van der Waals surface area contributed by atoms with Crippen LogP contribution in [0.2, 0.25) is 0 Å². The van der Waals surface area contributed by atoms with Gasteiger partial charge in [0, 0.05) is 10.6 Å². The van der Waals surface area contributed by atoms with Crippen molar-refractivity contribution in [2.24, 2.45) is 0 Å². The lowest BCUT2D eigenvalue weighted by Gasteiger charge is -2.25. The number of anilines is 1. The molecule has 0 aromatic carbocycles. The van der Waals surface area contributed by atoms with E-state index in [1.807, 2.05) is 29.3 Å². The Morgan fingerprint density at radius 3 is 2.81 bits per heavy atom. The minimum atomic E-state index is -0.00150. The smallest absolute Gasteiger partial charge is 0.239 e. The molecule has 0 atom stereocenters. The van der Waals surface area contributed by atoms with E-state index in [-0.39, 0.29) is 11.7 Å². The van der Waals surface area contributed by atoms with Gasteiger partial charge < -0.3 is 5.32 Å². The Balaban J connectivity index is 1.57. The molecule has 0 spiro atoms. The number of fused-ring (bicyclic) bond motifs is 1. The number of rotatable bonds is 5. The van der Waals surface area contributed by atoms with Gasteiger partial charge in [-0.05, 0) is 55.1 Å². The Labute approximate surface area is 166 Å². The van der Waals surface area contributed by atoms with Crippen LogP contribution in [0, 0.1) is 0 Å². The third-order valence-corrected chi connectivity index (χ3v) is 8.05. The lowest BCUT2D eigenvalue weighted by molar-refractivity contribution is -0.117. The minimum absolute atomic E-state index is 0.00150. The van der Waals surface area contributed by atoms with Crippen molar-refractivity contribution in [2.45, 2.75) is 31.4 Å². The van der Waals surface area contributed by atoms with Crippen LogP contribution in [0.1, 0.15) is 44.9 Å². The lowest BCUT2D eigenvalue weighted by atomic mass is 10.0. The van der Waals surface area contributed by atoms with Gasteiger partial charge in [-0.3, -0.25) is 14.5 Å². The van der Waals surface area contributed by atoms with Crippen LogP contribution in [-0.4, -0.2) is 42.0 Å². The summed E-state index contributed by atoms with van der Waals surface area (Å²) in [7, 11) is 0. The third-order valence-electron chi connectivity index (χ3n) is 4.86. The van der Waals surface area contributed by atoms with Gasteiger partial charge in [-0.2, -0.15) is 11.8 Å². The number of amides is 1. The molecular formula is C19H22N2O2S3. The molecule has 1 fully saturated rings. The predicted molar refractivity (Wildman–Crippen MR) is 111 cm³/mol. The second-order valence-electron chi connectivity index (χ2n) is 6.70. The SMILES string of the molecule is O=C(CN1CCCCC1)Nc1sc2c(c1C(=O)c1cccs1)CCSC2. The first-order valence-electron chi connectivity index (χ1n) is 9.05. The average Bonchev–Trinajstić information content (AvgIpc) is 3.29. The summed E-state index contributed by atoms with van der Waals surface area (Å²) >= 11 is 4.95. The maximum atomic E-state index is 13.1. The van der Waals surface area contributed by atoms with E-state index in [1.165, 1.54) is 35.5 Å². The molecule has 1 N–H and O–H groups in total. The Hall–Kier alpha value is -1.15. The molecule has 26 heavy (non-hydrogen) atoms. The van der Waals surface area contributed by atoms with E-state index in [4.69, 9.17) is 0 Å². The monoisotopic (exact) mass is 406 g/mol. The van der Waals surface area contributed by atoms with Crippen LogP contribution in [-0.2, 0) is 17.0 Å². The molecule has 4 heterocycles. The molecule has 2 aliphatic heterocycles. The number of likely N-dealkylation sites (tertiary alicyclic amines) is 1. The molecule has 2 aliphatic rings. The molecule has 2 aromatic heterocycles. The third kappa shape index (κ3) is 3.91. The summed E-state index contributed by atoms with van der Waals surface area (Å²) in [5, 5.41) is 5.75. The zero-order valence-corrected chi connectivity index (χ0v) is 17.0. The second-order valence-corrected chi connectivity index (χ2v) is 9.86. The maximum absolute atomic E-state index is 13.1. The summed E-state index contributed by atoms with van der Waals surface area (Å²) in [6, 6.07) is 3.77. The minimum Gasteiger partial charge on any atom is -0.316 e. The number of ketones is 1. The van der Waals surface area contributed by atoms with Crippen LogP contribution < -0.4 is 5.32 Å². The van der Waals surface area contributed by atoms with Crippen molar-refractivity contribution in [1.82, 2.24) is 4.90 Å². The van der Waals surface area contributed by atoms with Crippen molar-refractivity contribution in [3.63, 3.8) is 0 Å². The number of thioether (sulfide) groups is 1. The van der Waals surface area contributed by atoms with Crippen LogP contribution in [0.15, 0.2) is 17.5 Å². The van der Waals surface area contributed by atoms with Gasteiger partial charge in [0.15, 0.2) is 0 Å². The zero-order chi connectivity index (χ0) is 17.9. The Morgan fingerprint density at radius 2 is 2.04 bits per heavy atom. The fourth-order valence-corrected chi connectivity index (χ4v) is 6.64. The van der Waals surface area contributed by atoms with Crippen molar-refractivity contribution >= 4 is 51.1 Å². The van der Waals surface area contributed by atoms with E-state index in [2.05, 4.69) is 10.2 Å². The first-order chi connectivity index (χ1) is 12.7. The number of nitrogens with one attached hydrogen (secondary N) is 1. The standard InChI is InChI=1S/C19H22N2O2S3/c22-16(11-21-7-2-1-3-8-21)20-19-17(18(23)14-5-4-9-25-14)13-6-10-24-12-15(13)26-19/h4-5,9H,1-3,6-8,10-12H2,(H,20,22). The normalized spacial score (nSPS) is 17.7. The van der Waals surface area contributed by atoms with Gasteiger partial charge in [-0.15, -0.1) is 22.7 Å². The van der Waals surface area contributed by atoms with Gasteiger partial charge in [0.25, 0.3) is 0 Å². The largest absolute Gasteiger partial charge is 0.316 e. The molecular weight excluding hydrogens is 384 g/mol. The highest BCUT2D eigenvalue weighted by molar-refractivity contribution is 7.98. The first-order valence-corrected chi connectivity index (χ1v) is 11.9. The van der Waals surface area contributed by atoms with Crippen LogP contribution in [0.3, 0.4) is 0 Å². The average molecular weight is 407 g/mol. The molecule has 2 aromatic rings. The lowest BCUT2D eigenvalue weighted by Crippen LogP contribution is -2.36. The number of carbonyl (C=O) groups is 2. The zero-order valence-electron chi connectivity index (χ0n) is 14.6. The summed E-state index contributed by atoms with van der Waals surface area (Å²) in [6.45, 7) is 2.40. The van der Waals surface area contributed by atoms with E-state index < -0.39 is 0 Å². The Bertz CT molecular complexity index is 792. The molecule has 1 amide bonds. The van der Waals surface area contributed by atoms with E-state index in [9.17, 15) is 9.59 Å². The van der Waals surface area contributed by atoms with Gasteiger partial charge in [-0.25, -0.2) is 0 Å². The first kappa shape index (κ1) is 18.2. The van der Waals surface area contributed by atoms with E-state index in [1.54, 1.807) is 11.3 Å². The van der Waals surface area contributed by atoms with Crippen molar-refractivity contribution in [2.75, 3.05) is 30.7 Å². The summed E-state index contributed by atoms with van der Waals surface area (Å²) in [4.78, 5) is 29.9. The van der Waals surface area contributed by atoms with Gasteiger partial charge in [0.1, 0.15) is 5.00 Å². The van der Waals surface area contributed by atoms with Gasteiger partial charge >= 0.3 is 0 Å². The molecule has 138 valence electrons. The van der Waals surface area contributed by atoms with Crippen molar-refractivity contribution < 1.29 is 9.59 Å². The molecule has 0 bridgehead atoms. The predicted octanol–water partition coefficient (Wildman–Crippen LogP) is 4.25. The fourth-order valence-electron chi connectivity index (χ4n) is 3.58. The number of hydrogen-bond acceptors (Lipinski definition) is 6. The second kappa shape index (κ2) is 8.25. The van der Waals surface area contributed by atoms with Gasteiger partial charge in [0.2, 0.25) is 11.7 Å². The topological polar surface area (TPSA) is 49.4 Å². The van der Waals surface area contributed by atoms with Crippen LogP contribution >= 0.6 is 34.4 Å². The highest BCUT2D eigenvalue weighted by Gasteiger charge is 2.28. The van der Waals surface area contributed by atoms with Crippen LogP contribution in [0.4, 0.5) is 5.00 Å². The highest BCUT2D eigenvalue weighted by Crippen LogP contribution is 2.40. The molecule has 0 aliphatic carbocycles. The molecule has 4 rings (SSSR count). The van der Waals surface area contributed by atoms with E-state index in [0.717, 1.165) is 52.0 Å². The molecule has 4 nitrogen and oxygen atoms in total. The number of hydrogen-bond donors (Lipinski definition) is 1. The van der Waals surface area contributed by atoms with Crippen molar-refractivity contribution in [3.05, 3.63) is 38.4 Å². The summed E-state index contributed by atoms with van der Waals surface area (Å²) in [6.07, 6.45) is 4.50. The maximum Gasteiger partial charge on any atom is 0.239 e. The Morgan fingerprint density at radius 1 is 1.19 bits per heavy atom. The van der Waals surface area contributed by atoms with Crippen molar-refractivity contribution in [3.8, 4) is 0 Å².